The number of hydrogen-bond donors (Lipinski definition) is 1. The summed E-state index contributed by atoms with van der Waals surface area (Å²) >= 11 is 0. The molecular weight excluding hydrogens is 259 g/mol. The van der Waals surface area contributed by atoms with Crippen molar-refractivity contribution in [2.24, 2.45) is 0 Å². The second kappa shape index (κ2) is 5.19. The summed E-state index contributed by atoms with van der Waals surface area (Å²) in [7, 11) is 0.889. The number of nitrogens with zero attached hydrogens (tertiary/aromatic N) is 1. The Kier molecular flexibility index (Phi) is 4.10. The van der Waals surface area contributed by atoms with Crippen molar-refractivity contribution in [1.82, 2.24) is 4.90 Å². The van der Waals surface area contributed by atoms with Crippen LogP contribution in [0.1, 0.15) is 0 Å². The first-order valence-corrected chi connectivity index (χ1v) is 4.73. The predicted molar refractivity (Wildman–Crippen MR) is 54.1 cm³/mol. The van der Waals surface area contributed by atoms with E-state index in [-0.39, 0.29) is 0 Å². The van der Waals surface area contributed by atoms with Gasteiger partial charge in [-0.15, -0.1) is 0 Å². The van der Waals surface area contributed by atoms with E-state index in [0.717, 1.165) is 19.2 Å². The van der Waals surface area contributed by atoms with Gasteiger partial charge in [-0.05, 0) is 12.1 Å². The third kappa shape index (κ3) is 4.19. The zero-order valence-corrected chi connectivity index (χ0v) is 9.18. The molecule has 18 heavy (non-hydrogen) atoms. The lowest BCUT2D eigenvalue weighted by atomic mass is 10.3. The maximum absolute atomic E-state index is 13.1. The molecule has 0 aromatic heterocycles. The van der Waals surface area contributed by atoms with Gasteiger partial charge in [-0.1, -0.05) is 0 Å². The first-order chi connectivity index (χ1) is 8.19. The lowest BCUT2D eigenvalue weighted by Crippen LogP contribution is -2.38. The standard InChI is InChI=1S/C10H9F5N2O/c1-17(5-10(13,14)15)9(18)16-8-4-6(11)2-3-7(8)12/h2-4H,5H2,1H3,(H,16,18). The first-order valence-electron chi connectivity index (χ1n) is 4.73. The van der Waals surface area contributed by atoms with Crippen molar-refractivity contribution in [3.05, 3.63) is 29.8 Å². The van der Waals surface area contributed by atoms with Crippen molar-refractivity contribution < 1.29 is 26.7 Å². The number of carbonyl (C=O) groups is 1. The number of hydrogen-bond acceptors (Lipinski definition) is 1. The minimum absolute atomic E-state index is 0.310. The van der Waals surface area contributed by atoms with Gasteiger partial charge in [-0.2, -0.15) is 13.2 Å². The quantitative estimate of drug-likeness (QED) is 0.822. The van der Waals surface area contributed by atoms with Gasteiger partial charge in [0.15, 0.2) is 0 Å². The van der Waals surface area contributed by atoms with Gasteiger partial charge in [0.25, 0.3) is 0 Å². The monoisotopic (exact) mass is 268 g/mol. The highest BCUT2D eigenvalue weighted by atomic mass is 19.4. The zero-order chi connectivity index (χ0) is 13.9. The smallest absolute Gasteiger partial charge is 0.318 e. The van der Waals surface area contributed by atoms with E-state index in [1.165, 1.54) is 0 Å². The summed E-state index contributed by atoms with van der Waals surface area (Å²) in [5, 5.41) is 1.85. The summed E-state index contributed by atoms with van der Waals surface area (Å²) in [6.07, 6.45) is -4.56. The van der Waals surface area contributed by atoms with Gasteiger partial charge in [0.05, 0.1) is 5.69 Å². The fourth-order valence-corrected chi connectivity index (χ4v) is 1.14. The van der Waals surface area contributed by atoms with E-state index >= 15 is 0 Å². The molecule has 0 radical (unpaired) electrons. The maximum Gasteiger partial charge on any atom is 0.406 e. The molecule has 0 aliphatic rings. The van der Waals surface area contributed by atoms with Crippen molar-refractivity contribution in [1.29, 1.82) is 0 Å². The van der Waals surface area contributed by atoms with Crippen LogP contribution >= 0.6 is 0 Å². The number of alkyl halides is 3. The molecule has 0 spiro atoms. The van der Waals surface area contributed by atoms with Gasteiger partial charge >= 0.3 is 12.2 Å². The van der Waals surface area contributed by atoms with Crippen LogP contribution in [0, 0.1) is 11.6 Å². The van der Waals surface area contributed by atoms with Crippen LogP contribution in [0.15, 0.2) is 18.2 Å². The van der Waals surface area contributed by atoms with Crippen LogP contribution in [0.25, 0.3) is 0 Å². The lowest BCUT2D eigenvalue weighted by molar-refractivity contribution is -0.137. The SMILES string of the molecule is CN(CC(F)(F)F)C(=O)Nc1cc(F)ccc1F. The van der Waals surface area contributed by atoms with E-state index in [1.54, 1.807) is 0 Å². The van der Waals surface area contributed by atoms with Crippen LogP contribution in [-0.4, -0.2) is 30.7 Å². The number of rotatable bonds is 2. The van der Waals surface area contributed by atoms with E-state index in [9.17, 15) is 26.7 Å². The summed E-state index contributed by atoms with van der Waals surface area (Å²) in [4.78, 5) is 11.6. The molecule has 0 saturated carbocycles. The van der Waals surface area contributed by atoms with Crippen molar-refractivity contribution in [2.75, 3.05) is 18.9 Å². The highest BCUT2D eigenvalue weighted by Crippen LogP contribution is 2.18. The molecule has 1 rings (SSSR count). The molecule has 100 valence electrons. The fourth-order valence-electron chi connectivity index (χ4n) is 1.14. The highest BCUT2D eigenvalue weighted by molar-refractivity contribution is 5.89. The van der Waals surface area contributed by atoms with Crippen LogP contribution < -0.4 is 5.32 Å². The number of carbonyl (C=O) groups excluding carboxylic acids is 1. The molecule has 0 aliphatic carbocycles. The number of benzene rings is 1. The first kappa shape index (κ1) is 14.2. The predicted octanol–water partition coefficient (Wildman–Crippen LogP) is 2.99. The van der Waals surface area contributed by atoms with Crippen LogP contribution in [0.3, 0.4) is 0 Å². The number of urea groups is 1. The fraction of sp³-hybridized carbons (Fsp3) is 0.300. The average molecular weight is 268 g/mol. The Morgan fingerprint density at radius 2 is 1.94 bits per heavy atom. The number of nitrogens with one attached hydrogen (secondary N) is 1. The molecule has 3 nitrogen and oxygen atoms in total. The van der Waals surface area contributed by atoms with Crippen molar-refractivity contribution in [3.8, 4) is 0 Å². The van der Waals surface area contributed by atoms with Crippen molar-refractivity contribution in [3.63, 3.8) is 0 Å². The normalized spacial score (nSPS) is 11.2. The number of amides is 2. The molecule has 0 unspecified atom stereocenters. The van der Waals surface area contributed by atoms with Gasteiger partial charge in [-0.25, -0.2) is 13.6 Å². The Hall–Kier alpha value is -1.86. The summed E-state index contributed by atoms with van der Waals surface area (Å²) < 4.78 is 61.8. The molecule has 1 aromatic rings. The molecule has 0 saturated heterocycles. The Morgan fingerprint density at radius 3 is 2.50 bits per heavy atom. The topological polar surface area (TPSA) is 32.3 Å². The maximum atomic E-state index is 13.1. The number of anilines is 1. The molecular formula is C10H9F5N2O. The Balaban J connectivity index is 2.72. The minimum atomic E-state index is -4.56. The van der Waals surface area contributed by atoms with Gasteiger partial charge in [0.2, 0.25) is 0 Å². The van der Waals surface area contributed by atoms with E-state index in [4.69, 9.17) is 0 Å². The summed E-state index contributed by atoms with van der Waals surface area (Å²) in [6, 6.07) is 1.07. The van der Waals surface area contributed by atoms with Gasteiger partial charge in [0.1, 0.15) is 18.2 Å². The second-order valence-electron chi connectivity index (χ2n) is 3.53. The van der Waals surface area contributed by atoms with Crippen LogP contribution in [0.4, 0.5) is 32.4 Å². The zero-order valence-electron chi connectivity index (χ0n) is 9.18. The molecule has 0 atom stereocenters. The molecule has 0 bridgehead atoms. The molecule has 0 fully saturated rings. The summed E-state index contributed by atoms with van der Waals surface area (Å²) in [5.41, 5.74) is -0.519. The summed E-state index contributed by atoms with van der Waals surface area (Å²) in [6.45, 7) is -1.49. The Labute approximate surface area is 99.2 Å². The van der Waals surface area contributed by atoms with Gasteiger partial charge in [0, 0.05) is 13.1 Å². The average Bonchev–Trinajstić information content (AvgIpc) is 2.21. The van der Waals surface area contributed by atoms with E-state index in [0.29, 0.717) is 11.0 Å². The van der Waals surface area contributed by atoms with Crippen molar-refractivity contribution in [2.45, 2.75) is 6.18 Å². The highest BCUT2D eigenvalue weighted by Gasteiger charge is 2.31. The molecule has 8 heteroatoms. The van der Waals surface area contributed by atoms with Crippen LogP contribution in [0.5, 0.6) is 0 Å². The molecule has 1 N–H and O–H groups in total. The van der Waals surface area contributed by atoms with E-state index < -0.39 is 36.1 Å². The van der Waals surface area contributed by atoms with Crippen LogP contribution in [0.2, 0.25) is 0 Å². The number of halogens is 5. The third-order valence-electron chi connectivity index (χ3n) is 1.93. The largest absolute Gasteiger partial charge is 0.406 e. The van der Waals surface area contributed by atoms with Crippen LogP contribution in [-0.2, 0) is 0 Å². The molecule has 2 amide bonds. The lowest BCUT2D eigenvalue weighted by Gasteiger charge is -2.19. The second-order valence-corrected chi connectivity index (χ2v) is 3.53. The Morgan fingerprint density at radius 1 is 1.33 bits per heavy atom. The summed E-state index contributed by atoms with van der Waals surface area (Å²) in [5.74, 6) is -1.75. The van der Waals surface area contributed by atoms with Gasteiger partial charge in [-0.3, -0.25) is 0 Å². The Bertz CT molecular complexity index is 446. The van der Waals surface area contributed by atoms with Crippen molar-refractivity contribution >= 4 is 11.7 Å². The van der Waals surface area contributed by atoms with E-state index in [2.05, 4.69) is 0 Å². The van der Waals surface area contributed by atoms with Gasteiger partial charge < -0.3 is 10.2 Å². The minimum Gasteiger partial charge on any atom is -0.318 e. The molecule has 0 heterocycles. The third-order valence-corrected chi connectivity index (χ3v) is 1.93. The molecule has 1 aromatic carbocycles. The molecule has 0 aliphatic heterocycles. The van der Waals surface area contributed by atoms with E-state index in [1.807, 2.05) is 5.32 Å².